The van der Waals surface area contributed by atoms with Gasteiger partial charge in [0.05, 0.1) is 12.2 Å². The molecule has 0 saturated heterocycles. The van der Waals surface area contributed by atoms with E-state index >= 15 is 0 Å². The highest BCUT2D eigenvalue weighted by molar-refractivity contribution is 7.89. The number of aromatic nitrogens is 2. The van der Waals surface area contributed by atoms with Crippen molar-refractivity contribution in [2.45, 2.75) is 18.1 Å². The van der Waals surface area contributed by atoms with Crippen LogP contribution in [-0.2, 0) is 19.5 Å². The van der Waals surface area contributed by atoms with Crippen molar-refractivity contribution in [2.75, 3.05) is 20.8 Å². The van der Waals surface area contributed by atoms with E-state index in [0.717, 1.165) is 0 Å². The summed E-state index contributed by atoms with van der Waals surface area (Å²) in [4.78, 5) is 10.5. The molecule has 0 aliphatic heterocycles. The fourth-order valence-corrected chi connectivity index (χ4v) is 2.74. The summed E-state index contributed by atoms with van der Waals surface area (Å²) in [5, 5.41) is 14.7. The van der Waals surface area contributed by atoms with E-state index in [-0.39, 0.29) is 12.2 Å². The normalized spacial score (nSPS) is 12.0. The number of hydrogen-bond donors (Lipinski definition) is 3. The van der Waals surface area contributed by atoms with Gasteiger partial charge in [0.2, 0.25) is 10.0 Å². The standard InChI is InChI=1S/C9H15N3O6S/c1-5-8(7(9(13)14)12-11-5)19(15,16)10-4-6(17-2)18-3/h6,10H,4H2,1-3H3,(H,11,12)(H,13,14). The zero-order chi connectivity index (χ0) is 14.6. The first-order chi connectivity index (χ1) is 8.83. The molecule has 0 unspecified atom stereocenters. The Balaban J connectivity index is 3.01. The van der Waals surface area contributed by atoms with Crippen LogP contribution in [0.1, 0.15) is 16.2 Å². The van der Waals surface area contributed by atoms with Gasteiger partial charge < -0.3 is 14.6 Å². The van der Waals surface area contributed by atoms with E-state index in [9.17, 15) is 13.2 Å². The molecule has 0 aromatic carbocycles. The van der Waals surface area contributed by atoms with Crippen LogP contribution in [0.5, 0.6) is 0 Å². The van der Waals surface area contributed by atoms with Gasteiger partial charge in [-0.15, -0.1) is 0 Å². The molecule has 0 aliphatic rings. The lowest BCUT2D eigenvalue weighted by Gasteiger charge is -2.14. The predicted molar refractivity (Wildman–Crippen MR) is 63.3 cm³/mol. The zero-order valence-corrected chi connectivity index (χ0v) is 11.4. The third-order valence-electron chi connectivity index (χ3n) is 2.33. The highest BCUT2D eigenvalue weighted by Crippen LogP contribution is 2.17. The van der Waals surface area contributed by atoms with Crippen LogP contribution in [0.25, 0.3) is 0 Å². The van der Waals surface area contributed by atoms with Crippen molar-refractivity contribution in [3.63, 3.8) is 0 Å². The molecule has 1 aromatic heterocycles. The third-order valence-corrected chi connectivity index (χ3v) is 3.91. The van der Waals surface area contributed by atoms with E-state index in [2.05, 4.69) is 14.9 Å². The maximum absolute atomic E-state index is 12.0. The average molecular weight is 293 g/mol. The first-order valence-electron chi connectivity index (χ1n) is 5.17. The lowest BCUT2D eigenvalue weighted by atomic mass is 10.4. The summed E-state index contributed by atoms with van der Waals surface area (Å²) in [6, 6.07) is 0. The van der Waals surface area contributed by atoms with Crippen molar-refractivity contribution in [1.82, 2.24) is 14.9 Å². The molecule has 10 heteroatoms. The van der Waals surface area contributed by atoms with Crippen LogP contribution in [0.2, 0.25) is 0 Å². The Labute approximate surface area is 110 Å². The van der Waals surface area contributed by atoms with Crippen LogP contribution >= 0.6 is 0 Å². The Morgan fingerprint density at radius 2 is 2.05 bits per heavy atom. The minimum atomic E-state index is -4.02. The van der Waals surface area contributed by atoms with Crippen LogP contribution in [0, 0.1) is 6.92 Å². The van der Waals surface area contributed by atoms with Crippen molar-refractivity contribution in [1.29, 1.82) is 0 Å². The lowest BCUT2D eigenvalue weighted by molar-refractivity contribution is -0.0960. The molecule has 0 amide bonds. The van der Waals surface area contributed by atoms with Gasteiger partial charge in [0.25, 0.3) is 0 Å². The van der Waals surface area contributed by atoms with E-state index < -0.39 is 32.9 Å². The Hall–Kier alpha value is -1.49. The Morgan fingerprint density at radius 1 is 1.47 bits per heavy atom. The van der Waals surface area contributed by atoms with Gasteiger partial charge in [0, 0.05) is 14.2 Å². The number of aryl methyl sites for hydroxylation is 1. The summed E-state index contributed by atoms with van der Waals surface area (Å²) >= 11 is 0. The van der Waals surface area contributed by atoms with Gasteiger partial charge in [-0.2, -0.15) is 5.10 Å². The Kier molecular flexibility index (Phi) is 5.00. The number of H-pyrrole nitrogens is 1. The van der Waals surface area contributed by atoms with Gasteiger partial charge in [-0.25, -0.2) is 17.9 Å². The molecular weight excluding hydrogens is 278 g/mol. The number of sulfonamides is 1. The van der Waals surface area contributed by atoms with Gasteiger partial charge in [0.1, 0.15) is 4.90 Å². The largest absolute Gasteiger partial charge is 0.476 e. The number of carboxylic acids is 1. The molecular formula is C9H15N3O6S. The van der Waals surface area contributed by atoms with Crippen LogP contribution in [0.3, 0.4) is 0 Å². The van der Waals surface area contributed by atoms with Crippen LogP contribution in [0.4, 0.5) is 0 Å². The minimum absolute atomic E-state index is 0.135. The molecule has 1 rings (SSSR count). The highest BCUT2D eigenvalue weighted by atomic mass is 32.2. The first kappa shape index (κ1) is 15.6. The maximum Gasteiger partial charge on any atom is 0.357 e. The van der Waals surface area contributed by atoms with Gasteiger partial charge in [-0.05, 0) is 6.92 Å². The zero-order valence-electron chi connectivity index (χ0n) is 10.6. The molecule has 0 spiro atoms. The number of methoxy groups -OCH3 is 2. The molecule has 19 heavy (non-hydrogen) atoms. The number of nitrogens with zero attached hydrogens (tertiary/aromatic N) is 1. The summed E-state index contributed by atoms with van der Waals surface area (Å²) in [5.74, 6) is -1.43. The van der Waals surface area contributed by atoms with Crippen LogP contribution < -0.4 is 4.72 Å². The molecule has 0 saturated carbocycles. The Bertz CT molecular complexity index is 548. The van der Waals surface area contributed by atoms with E-state index in [1.807, 2.05) is 0 Å². The van der Waals surface area contributed by atoms with Crippen molar-refractivity contribution >= 4 is 16.0 Å². The van der Waals surface area contributed by atoms with Gasteiger partial charge in [-0.3, -0.25) is 5.10 Å². The molecule has 1 aromatic rings. The van der Waals surface area contributed by atoms with E-state index in [4.69, 9.17) is 14.6 Å². The van der Waals surface area contributed by atoms with Crippen LogP contribution in [-0.4, -0.2) is 56.7 Å². The number of carboxylic acid groups (broad SMARTS) is 1. The second-order valence-electron chi connectivity index (χ2n) is 3.58. The third kappa shape index (κ3) is 3.50. The van der Waals surface area contributed by atoms with Crippen molar-refractivity contribution in [3.05, 3.63) is 11.4 Å². The fourth-order valence-electron chi connectivity index (χ4n) is 1.41. The SMILES string of the molecule is COC(CNS(=O)(=O)c1c(C(=O)O)n[nH]c1C)OC. The van der Waals surface area contributed by atoms with E-state index in [0.29, 0.717) is 0 Å². The lowest BCUT2D eigenvalue weighted by Crippen LogP contribution is -2.34. The summed E-state index contributed by atoms with van der Waals surface area (Å²) in [6.45, 7) is 1.26. The molecule has 108 valence electrons. The summed E-state index contributed by atoms with van der Waals surface area (Å²) in [5.41, 5.74) is -0.423. The van der Waals surface area contributed by atoms with Crippen molar-refractivity contribution in [3.8, 4) is 0 Å². The molecule has 3 N–H and O–H groups in total. The quantitative estimate of drug-likeness (QED) is 0.567. The topological polar surface area (TPSA) is 131 Å². The van der Waals surface area contributed by atoms with Gasteiger partial charge >= 0.3 is 5.97 Å². The molecule has 0 aliphatic carbocycles. The summed E-state index contributed by atoms with van der Waals surface area (Å²) in [6.07, 6.45) is -0.768. The number of ether oxygens (including phenoxy) is 2. The van der Waals surface area contributed by atoms with Crippen molar-refractivity contribution in [2.24, 2.45) is 0 Å². The summed E-state index contributed by atoms with van der Waals surface area (Å²) in [7, 11) is -1.31. The smallest absolute Gasteiger partial charge is 0.357 e. The fraction of sp³-hybridized carbons (Fsp3) is 0.556. The molecule has 0 bridgehead atoms. The number of aromatic amines is 1. The van der Waals surface area contributed by atoms with Crippen molar-refractivity contribution < 1.29 is 27.8 Å². The molecule has 1 heterocycles. The highest BCUT2D eigenvalue weighted by Gasteiger charge is 2.28. The Morgan fingerprint density at radius 3 is 2.53 bits per heavy atom. The number of hydrogen-bond acceptors (Lipinski definition) is 6. The van der Waals surface area contributed by atoms with E-state index in [1.165, 1.54) is 21.1 Å². The monoisotopic (exact) mass is 293 g/mol. The minimum Gasteiger partial charge on any atom is -0.476 e. The van der Waals surface area contributed by atoms with Crippen LogP contribution in [0.15, 0.2) is 4.90 Å². The van der Waals surface area contributed by atoms with E-state index in [1.54, 1.807) is 0 Å². The average Bonchev–Trinajstić information content (AvgIpc) is 2.73. The second-order valence-corrected chi connectivity index (χ2v) is 5.29. The number of carbonyl (C=O) groups is 1. The molecule has 0 atom stereocenters. The van der Waals surface area contributed by atoms with Gasteiger partial charge in [0.15, 0.2) is 12.0 Å². The number of aromatic carboxylic acids is 1. The number of rotatable bonds is 7. The molecule has 9 nitrogen and oxygen atoms in total. The van der Waals surface area contributed by atoms with Gasteiger partial charge in [-0.1, -0.05) is 0 Å². The first-order valence-corrected chi connectivity index (χ1v) is 6.65. The molecule has 0 radical (unpaired) electrons. The second kappa shape index (κ2) is 6.10. The molecule has 0 fully saturated rings. The maximum atomic E-state index is 12.0. The summed E-state index contributed by atoms with van der Waals surface area (Å²) < 4.78 is 35.9. The predicted octanol–water partition coefficient (Wildman–Crippen LogP) is -0.686. The number of nitrogens with one attached hydrogen (secondary N) is 2.